The van der Waals surface area contributed by atoms with Crippen molar-refractivity contribution in [2.24, 2.45) is 11.8 Å². The van der Waals surface area contributed by atoms with Crippen molar-refractivity contribution in [3.05, 3.63) is 64.4 Å². The maximum Gasteiger partial charge on any atom is 0.410 e. The second-order valence-corrected chi connectivity index (χ2v) is 8.70. The van der Waals surface area contributed by atoms with Gasteiger partial charge in [0.05, 0.1) is 5.69 Å². The lowest BCUT2D eigenvalue weighted by molar-refractivity contribution is -0.154. The number of carboxylic acid groups (broad SMARTS) is 1. The minimum absolute atomic E-state index is 0.0326. The van der Waals surface area contributed by atoms with Gasteiger partial charge >= 0.3 is 12.1 Å². The first kappa shape index (κ1) is 20.8. The standard InChI is InChI=1S/C22H23BrN2O5/c23-17-6-7-19(24-10-17)22(30-14-20(26)27)9-8-16-11-25(12-18(16)22)21(28)29-13-15-4-2-1-3-5-15/h1-7,10,16,18H,8-9,11-14H2,(H,26,27). The number of carboxylic acids is 1. The second kappa shape index (κ2) is 8.73. The molecule has 0 bridgehead atoms. The zero-order valence-corrected chi connectivity index (χ0v) is 18.0. The third-order valence-corrected chi connectivity index (χ3v) is 6.47. The number of amides is 1. The van der Waals surface area contributed by atoms with Gasteiger partial charge in [0.15, 0.2) is 0 Å². The number of benzene rings is 1. The van der Waals surface area contributed by atoms with E-state index in [0.29, 0.717) is 25.2 Å². The first-order valence-electron chi connectivity index (χ1n) is 9.91. The molecule has 30 heavy (non-hydrogen) atoms. The molecule has 2 aliphatic rings. The van der Waals surface area contributed by atoms with Gasteiger partial charge < -0.3 is 19.5 Å². The molecule has 8 heteroatoms. The van der Waals surface area contributed by atoms with Crippen LogP contribution in [-0.4, -0.2) is 46.7 Å². The van der Waals surface area contributed by atoms with Gasteiger partial charge in [-0.25, -0.2) is 9.59 Å². The number of carbonyl (C=O) groups is 2. The number of carbonyl (C=O) groups excluding carboxylic acids is 1. The van der Waals surface area contributed by atoms with Gasteiger partial charge in [-0.15, -0.1) is 0 Å². The molecule has 3 atom stereocenters. The summed E-state index contributed by atoms with van der Waals surface area (Å²) in [4.78, 5) is 30.1. The molecule has 0 spiro atoms. The van der Waals surface area contributed by atoms with E-state index >= 15 is 0 Å². The van der Waals surface area contributed by atoms with Crippen LogP contribution in [0.15, 0.2) is 53.1 Å². The van der Waals surface area contributed by atoms with Crippen molar-refractivity contribution in [3.63, 3.8) is 0 Å². The van der Waals surface area contributed by atoms with Crippen molar-refractivity contribution >= 4 is 28.0 Å². The van der Waals surface area contributed by atoms with E-state index in [1.807, 2.05) is 42.5 Å². The van der Waals surface area contributed by atoms with Crippen LogP contribution < -0.4 is 0 Å². The zero-order valence-electron chi connectivity index (χ0n) is 16.4. The molecule has 1 amide bonds. The largest absolute Gasteiger partial charge is 0.480 e. The summed E-state index contributed by atoms with van der Waals surface area (Å²) >= 11 is 3.39. The van der Waals surface area contributed by atoms with Gasteiger partial charge in [-0.05, 0) is 52.4 Å². The molecule has 0 radical (unpaired) electrons. The van der Waals surface area contributed by atoms with Crippen LogP contribution in [0.2, 0.25) is 0 Å². The average Bonchev–Trinajstić information content (AvgIpc) is 3.32. The fourth-order valence-corrected chi connectivity index (χ4v) is 4.86. The summed E-state index contributed by atoms with van der Waals surface area (Å²) in [6, 6.07) is 13.3. The minimum Gasteiger partial charge on any atom is -0.480 e. The molecule has 1 aromatic heterocycles. The number of rotatable bonds is 6. The van der Waals surface area contributed by atoms with Crippen molar-refractivity contribution in [1.29, 1.82) is 0 Å². The minimum atomic E-state index is -1.02. The Morgan fingerprint density at radius 2 is 2.00 bits per heavy atom. The van der Waals surface area contributed by atoms with Crippen molar-refractivity contribution in [2.75, 3.05) is 19.7 Å². The van der Waals surface area contributed by atoms with Crippen LogP contribution in [0.5, 0.6) is 0 Å². The van der Waals surface area contributed by atoms with Crippen molar-refractivity contribution in [3.8, 4) is 0 Å². The number of aromatic nitrogens is 1. The molecule has 1 aliphatic carbocycles. The van der Waals surface area contributed by atoms with E-state index in [1.165, 1.54) is 0 Å². The van der Waals surface area contributed by atoms with Crippen LogP contribution in [-0.2, 0) is 26.5 Å². The highest BCUT2D eigenvalue weighted by Gasteiger charge is 2.56. The quantitative estimate of drug-likeness (QED) is 0.684. The van der Waals surface area contributed by atoms with Gasteiger partial charge in [-0.3, -0.25) is 4.98 Å². The first-order valence-corrected chi connectivity index (χ1v) is 10.7. The van der Waals surface area contributed by atoms with E-state index in [4.69, 9.17) is 9.47 Å². The Balaban J connectivity index is 1.50. The fraction of sp³-hybridized carbons (Fsp3) is 0.409. The van der Waals surface area contributed by atoms with E-state index in [0.717, 1.165) is 16.5 Å². The van der Waals surface area contributed by atoms with E-state index in [-0.39, 0.29) is 24.5 Å². The predicted molar refractivity (Wildman–Crippen MR) is 112 cm³/mol. The van der Waals surface area contributed by atoms with Crippen molar-refractivity contribution in [1.82, 2.24) is 9.88 Å². The highest BCUT2D eigenvalue weighted by atomic mass is 79.9. The van der Waals surface area contributed by atoms with Gasteiger partial charge in [-0.1, -0.05) is 30.3 Å². The normalized spacial score (nSPS) is 25.2. The molecule has 1 saturated carbocycles. The molecule has 1 saturated heterocycles. The predicted octanol–water partition coefficient (Wildman–Crippen LogP) is 3.82. The number of ether oxygens (including phenoxy) is 2. The average molecular weight is 475 g/mol. The lowest BCUT2D eigenvalue weighted by Gasteiger charge is -2.34. The molecule has 2 fully saturated rings. The highest BCUT2D eigenvalue weighted by molar-refractivity contribution is 9.10. The molecule has 4 rings (SSSR count). The van der Waals surface area contributed by atoms with Gasteiger partial charge in [-0.2, -0.15) is 0 Å². The Morgan fingerprint density at radius 1 is 1.20 bits per heavy atom. The fourth-order valence-electron chi connectivity index (χ4n) is 4.62. The summed E-state index contributed by atoms with van der Waals surface area (Å²) in [6.45, 7) is 0.850. The Kier molecular flexibility index (Phi) is 6.06. The number of hydrogen-bond donors (Lipinski definition) is 1. The summed E-state index contributed by atoms with van der Waals surface area (Å²) in [6.07, 6.45) is 2.85. The van der Waals surface area contributed by atoms with Crippen LogP contribution >= 0.6 is 15.9 Å². The third kappa shape index (κ3) is 4.20. The molecule has 2 aromatic rings. The molecular weight excluding hydrogens is 452 g/mol. The zero-order chi connectivity index (χ0) is 21.1. The summed E-state index contributed by atoms with van der Waals surface area (Å²) in [5, 5.41) is 9.20. The smallest absolute Gasteiger partial charge is 0.410 e. The van der Waals surface area contributed by atoms with Crippen LogP contribution in [0, 0.1) is 11.8 Å². The van der Waals surface area contributed by atoms with E-state index < -0.39 is 18.2 Å². The Labute approximate surface area is 183 Å². The summed E-state index contributed by atoms with van der Waals surface area (Å²) in [5.74, 6) is -0.838. The third-order valence-electron chi connectivity index (χ3n) is 6.00. The monoisotopic (exact) mass is 474 g/mol. The van der Waals surface area contributed by atoms with Crippen LogP contribution in [0.3, 0.4) is 0 Å². The molecule has 1 aliphatic heterocycles. The van der Waals surface area contributed by atoms with Crippen LogP contribution in [0.1, 0.15) is 24.1 Å². The molecular formula is C22H23BrN2O5. The van der Waals surface area contributed by atoms with E-state index in [2.05, 4.69) is 20.9 Å². The number of pyridine rings is 1. The Bertz CT molecular complexity index is 908. The Hall–Kier alpha value is -2.45. The van der Waals surface area contributed by atoms with Crippen LogP contribution in [0.25, 0.3) is 0 Å². The SMILES string of the molecule is O=C(O)COC1(c2ccc(Br)cn2)CCC2CN(C(=O)OCc3ccccc3)CC21. The van der Waals surface area contributed by atoms with E-state index in [9.17, 15) is 14.7 Å². The molecule has 7 nitrogen and oxygen atoms in total. The summed E-state index contributed by atoms with van der Waals surface area (Å²) < 4.78 is 12.3. The molecule has 1 aromatic carbocycles. The maximum atomic E-state index is 12.7. The van der Waals surface area contributed by atoms with Crippen LogP contribution in [0.4, 0.5) is 4.79 Å². The number of aliphatic carboxylic acids is 1. The number of fused-ring (bicyclic) bond motifs is 1. The summed E-state index contributed by atoms with van der Waals surface area (Å²) in [7, 11) is 0. The molecule has 1 N–H and O–H groups in total. The van der Waals surface area contributed by atoms with Gasteiger partial charge in [0.2, 0.25) is 0 Å². The number of nitrogens with zero attached hydrogens (tertiary/aromatic N) is 2. The lowest BCUT2D eigenvalue weighted by atomic mass is 9.84. The molecule has 3 unspecified atom stereocenters. The first-order chi connectivity index (χ1) is 14.5. The molecule has 158 valence electrons. The van der Waals surface area contributed by atoms with Crippen molar-refractivity contribution < 1.29 is 24.2 Å². The Morgan fingerprint density at radius 3 is 2.70 bits per heavy atom. The molecule has 2 heterocycles. The van der Waals surface area contributed by atoms with Gasteiger partial charge in [0.25, 0.3) is 0 Å². The van der Waals surface area contributed by atoms with Gasteiger partial charge in [0.1, 0.15) is 18.8 Å². The lowest BCUT2D eigenvalue weighted by Crippen LogP contribution is -2.40. The van der Waals surface area contributed by atoms with E-state index in [1.54, 1.807) is 11.1 Å². The topological polar surface area (TPSA) is 89.0 Å². The highest BCUT2D eigenvalue weighted by Crippen LogP contribution is 2.52. The number of halogens is 1. The number of hydrogen-bond acceptors (Lipinski definition) is 5. The van der Waals surface area contributed by atoms with Gasteiger partial charge in [0, 0.05) is 29.7 Å². The maximum absolute atomic E-state index is 12.7. The second-order valence-electron chi connectivity index (χ2n) is 7.78. The number of likely N-dealkylation sites (tertiary alicyclic amines) is 1. The summed E-state index contributed by atoms with van der Waals surface area (Å²) in [5.41, 5.74) is 0.820. The van der Waals surface area contributed by atoms with Crippen molar-refractivity contribution in [2.45, 2.75) is 25.0 Å².